The Kier molecular flexibility index (Phi) is 6.95. The molecule has 7 rings (SSSR count). The van der Waals surface area contributed by atoms with Crippen LogP contribution in [-0.2, 0) is 19.7 Å². The molecular weight excluding hydrogens is 472 g/mol. The number of nitroso groups, excluding NO2 is 1. The van der Waals surface area contributed by atoms with Crippen molar-refractivity contribution in [3.63, 3.8) is 0 Å². The van der Waals surface area contributed by atoms with Gasteiger partial charge in [-0.2, -0.15) is 8.42 Å². The van der Waals surface area contributed by atoms with Crippen molar-refractivity contribution in [2.45, 2.75) is 62.1 Å². The molecule has 10 atom stereocenters. The number of para-hydroxylation sites is 1. The summed E-state index contributed by atoms with van der Waals surface area (Å²) in [5, 5.41) is 26.3. The first-order chi connectivity index (χ1) is 16.4. The van der Waals surface area contributed by atoms with Gasteiger partial charge in [0.1, 0.15) is 6.23 Å². The second-order valence-corrected chi connectivity index (χ2v) is 12.3. The van der Waals surface area contributed by atoms with Crippen LogP contribution in [-0.4, -0.2) is 93.5 Å². The van der Waals surface area contributed by atoms with Gasteiger partial charge in [0, 0.05) is 56.2 Å². The Morgan fingerprint density at radius 2 is 1.83 bits per heavy atom. The fraction of sp³-hybridized carbons (Fsp3) is 0.750. The zero-order valence-electron chi connectivity index (χ0n) is 21.3. The minimum Gasteiger partial charge on any atom is -0.392 e. The van der Waals surface area contributed by atoms with Gasteiger partial charge in [-0.3, -0.25) is 14.1 Å². The van der Waals surface area contributed by atoms with Crippen LogP contribution in [0.2, 0.25) is 0 Å². The number of aliphatic hydroxyl groups is 2. The molecule has 0 radical (unpaired) electrons. The first-order valence-electron chi connectivity index (χ1n) is 12.2. The second kappa shape index (κ2) is 9.26. The lowest BCUT2D eigenvalue weighted by atomic mass is 9.62. The molecule has 2 N–H and O–H groups in total. The predicted octanol–water partition coefficient (Wildman–Crippen LogP) is 1.38. The van der Waals surface area contributed by atoms with Gasteiger partial charge in [-0.15, -0.1) is 4.91 Å². The van der Waals surface area contributed by atoms with Crippen molar-refractivity contribution in [2.24, 2.45) is 23.0 Å². The lowest BCUT2D eigenvalue weighted by molar-refractivity contribution is -0.211. The van der Waals surface area contributed by atoms with Gasteiger partial charge in [0.05, 0.1) is 30.8 Å². The Labute approximate surface area is 207 Å². The zero-order chi connectivity index (χ0) is 25.9. The van der Waals surface area contributed by atoms with E-state index in [1.165, 1.54) is 16.3 Å². The third kappa shape index (κ3) is 3.87. The van der Waals surface area contributed by atoms with Crippen molar-refractivity contribution in [3.05, 3.63) is 34.7 Å². The fourth-order valence-corrected chi connectivity index (χ4v) is 7.88. The molecular formula is C24H38N4O6S. The molecule has 5 bridgehead atoms. The summed E-state index contributed by atoms with van der Waals surface area (Å²) in [6.07, 6.45) is 3.55. The van der Waals surface area contributed by atoms with E-state index < -0.39 is 10.1 Å². The van der Waals surface area contributed by atoms with Crippen LogP contribution in [0.25, 0.3) is 0 Å². The molecule has 1 aliphatic carbocycles. The fourth-order valence-electron chi connectivity index (χ4n) is 7.88. The van der Waals surface area contributed by atoms with Gasteiger partial charge < -0.3 is 15.1 Å². The Hall–Kier alpha value is -1.79. The molecule has 2 unspecified atom stereocenters. The number of hydrogen-bond donors (Lipinski definition) is 2. The Morgan fingerprint density at radius 3 is 2.37 bits per heavy atom. The first-order valence-corrected chi connectivity index (χ1v) is 14.0. The minimum absolute atomic E-state index is 0.126. The minimum atomic E-state index is -3.16. The van der Waals surface area contributed by atoms with Crippen LogP contribution in [0.15, 0.2) is 29.6 Å². The van der Waals surface area contributed by atoms with Crippen molar-refractivity contribution in [1.82, 2.24) is 9.91 Å². The molecule has 1 aromatic rings. The van der Waals surface area contributed by atoms with E-state index in [4.69, 9.17) is 0 Å². The van der Waals surface area contributed by atoms with E-state index in [-0.39, 0.29) is 17.7 Å². The van der Waals surface area contributed by atoms with Crippen molar-refractivity contribution in [3.8, 4) is 0 Å². The summed E-state index contributed by atoms with van der Waals surface area (Å²) in [5.41, 5.74) is 2.51. The number of benzene rings is 1. The topological polar surface area (TPSA) is 123 Å². The predicted molar refractivity (Wildman–Crippen MR) is 133 cm³/mol. The molecule has 10 nitrogen and oxygen atoms in total. The third-order valence-corrected chi connectivity index (χ3v) is 9.53. The quantitative estimate of drug-likeness (QED) is 0.353. The molecule has 1 spiro atoms. The normalized spacial score (nSPS) is 41.3. The van der Waals surface area contributed by atoms with E-state index in [0.29, 0.717) is 35.9 Å². The summed E-state index contributed by atoms with van der Waals surface area (Å²) in [6.45, 7) is 2.19. The second-order valence-electron chi connectivity index (χ2n) is 10.6. The van der Waals surface area contributed by atoms with Crippen molar-refractivity contribution >= 4 is 15.8 Å². The lowest BCUT2D eigenvalue weighted by Crippen LogP contribution is -2.72. The monoisotopic (exact) mass is 510 g/mol. The number of nitrogens with zero attached hydrogens (tertiary/aromatic N) is 4. The summed E-state index contributed by atoms with van der Waals surface area (Å²) >= 11 is 0. The van der Waals surface area contributed by atoms with Crippen LogP contribution in [0.1, 0.15) is 31.7 Å². The number of anilines is 1. The summed E-state index contributed by atoms with van der Waals surface area (Å²) in [6, 6.07) is 9.70. The van der Waals surface area contributed by atoms with Gasteiger partial charge >= 0.3 is 0 Å². The van der Waals surface area contributed by atoms with E-state index in [0.717, 1.165) is 32.6 Å². The molecule has 5 fully saturated rings. The standard InChI is InChI=1S/C20H26N2O2.C2H6N2O.C2H6O3S/c1-3-10-11-8-14-17-20(12-6-4-5-7-13(12)21(17)2)9-15(16(11)18(20)23)22(14)19(10)24;1-4(2)3-5;1-5-6(2,3)4/h4-7,10-11,14-19,23-24H,3,8-9H2,1-2H3;1-2H3;1-2H3/t10-,11-,14-,15-,16?,17-,18+,19+,20+;;/m0../s1. The van der Waals surface area contributed by atoms with Gasteiger partial charge in [-0.05, 0) is 36.8 Å². The zero-order valence-corrected chi connectivity index (χ0v) is 22.1. The molecule has 5 aliphatic heterocycles. The van der Waals surface area contributed by atoms with E-state index in [1.807, 2.05) is 0 Å². The van der Waals surface area contributed by atoms with Crippen LogP contribution in [0.3, 0.4) is 0 Å². The van der Waals surface area contributed by atoms with Crippen molar-refractivity contribution in [2.75, 3.05) is 39.4 Å². The number of aliphatic hydroxyl groups excluding tert-OH is 2. The number of rotatable bonds is 3. The first kappa shape index (κ1) is 26.3. The Morgan fingerprint density at radius 1 is 1.23 bits per heavy atom. The molecule has 0 amide bonds. The summed E-state index contributed by atoms with van der Waals surface area (Å²) in [5.74, 6) is 1.14. The van der Waals surface area contributed by atoms with Crippen molar-refractivity contribution < 1.29 is 22.8 Å². The molecule has 0 aromatic heterocycles. The molecule has 5 heterocycles. The van der Waals surface area contributed by atoms with Gasteiger partial charge in [0.2, 0.25) is 0 Å². The summed E-state index contributed by atoms with van der Waals surface area (Å²) < 4.78 is 23.5. The van der Waals surface area contributed by atoms with E-state index in [9.17, 15) is 23.5 Å². The van der Waals surface area contributed by atoms with Gasteiger partial charge in [-0.1, -0.05) is 25.1 Å². The van der Waals surface area contributed by atoms with Crippen LogP contribution in [0, 0.1) is 22.7 Å². The van der Waals surface area contributed by atoms with Crippen LogP contribution in [0.4, 0.5) is 5.69 Å². The lowest BCUT2D eigenvalue weighted by Gasteiger charge is -2.62. The van der Waals surface area contributed by atoms with E-state index in [2.05, 4.69) is 57.5 Å². The average molecular weight is 511 g/mol. The third-order valence-electron chi connectivity index (χ3n) is 8.93. The van der Waals surface area contributed by atoms with Crippen molar-refractivity contribution in [1.29, 1.82) is 0 Å². The highest BCUT2D eigenvalue weighted by Crippen LogP contribution is 2.68. The highest BCUT2D eigenvalue weighted by molar-refractivity contribution is 7.85. The maximum Gasteiger partial charge on any atom is 0.264 e. The largest absolute Gasteiger partial charge is 0.392 e. The average Bonchev–Trinajstić information content (AvgIpc) is 3.21. The summed E-state index contributed by atoms with van der Waals surface area (Å²) in [7, 11) is 3.30. The molecule has 1 saturated carbocycles. The highest BCUT2D eigenvalue weighted by atomic mass is 32.2. The van der Waals surface area contributed by atoms with Crippen LogP contribution < -0.4 is 4.90 Å². The Bertz CT molecular complexity index is 1050. The highest BCUT2D eigenvalue weighted by Gasteiger charge is 2.76. The number of hydrogen-bond acceptors (Lipinski definition) is 9. The van der Waals surface area contributed by atoms with Gasteiger partial charge in [0.15, 0.2) is 0 Å². The van der Waals surface area contributed by atoms with Gasteiger partial charge in [-0.25, -0.2) is 0 Å². The van der Waals surface area contributed by atoms with Crippen LogP contribution in [0.5, 0.6) is 0 Å². The van der Waals surface area contributed by atoms with E-state index >= 15 is 0 Å². The number of piperidine rings is 4. The summed E-state index contributed by atoms with van der Waals surface area (Å²) in [4.78, 5) is 14.0. The van der Waals surface area contributed by atoms with Gasteiger partial charge in [0.25, 0.3) is 10.1 Å². The Balaban J connectivity index is 0.000000224. The number of likely N-dealkylation sites (N-methyl/N-ethyl adjacent to an activating group) is 1. The molecule has 6 aliphatic rings. The molecule has 11 heteroatoms. The van der Waals surface area contributed by atoms with E-state index in [1.54, 1.807) is 14.1 Å². The SMILES string of the molecule is CC[C@H]1[C@@H]2C[C@H]3[C@@H]4N(C)c5ccccc5[C@]45C[C@@H](C2[C@H]5O)N3[C@@H]1O.CN(C)N=O.COS(C)(=O)=O. The van der Waals surface area contributed by atoms with Crippen LogP contribution >= 0.6 is 0 Å². The maximum absolute atomic E-state index is 11.6. The molecule has 196 valence electrons. The smallest absolute Gasteiger partial charge is 0.264 e. The number of fused-ring (bicyclic) bond motifs is 2. The molecule has 35 heavy (non-hydrogen) atoms. The molecule has 1 aromatic carbocycles. The molecule has 4 saturated heterocycles. The maximum atomic E-state index is 11.6.